The molecule has 1 heterocycles. The van der Waals surface area contributed by atoms with Crippen LogP contribution in [0.4, 0.5) is 0 Å². The second-order valence-electron chi connectivity index (χ2n) is 3.59. The Labute approximate surface area is 109 Å². The summed E-state index contributed by atoms with van der Waals surface area (Å²) in [5, 5.41) is 8.72. The smallest absolute Gasteiger partial charge is 0.323 e. The minimum Gasteiger partial charge on any atom is -0.480 e. The summed E-state index contributed by atoms with van der Waals surface area (Å²) < 4.78 is 0.632. The normalized spacial score (nSPS) is 10.2. The summed E-state index contributed by atoms with van der Waals surface area (Å²) in [4.78, 5) is 24.7. The van der Waals surface area contributed by atoms with Crippen LogP contribution in [0.1, 0.15) is 18.2 Å². The monoisotopic (exact) mass is 275 g/mol. The fourth-order valence-corrected chi connectivity index (χ4v) is 2.51. The standard InChI is InChI=1S/C11H14ClNO3S/c1-2-5-13(7-11(15)16)10(14)6-8-3-4-9(12)17-8/h3-4H,2,5-7H2,1H3,(H,15,16). The minimum atomic E-state index is -0.990. The van der Waals surface area contributed by atoms with Crippen LogP contribution >= 0.6 is 22.9 Å². The van der Waals surface area contributed by atoms with Crippen LogP contribution in [0, 0.1) is 0 Å². The van der Waals surface area contributed by atoms with Crippen LogP contribution in [0.25, 0.3) is 0 Å². The number of carboxylic acids is 1. The summed E-state index contributed by atoms with van der Waals surface area (Å²) in [6, 6.07) is 3.52. The van der Waals surface area contributed by atoms with E-state index in [1.807, 2.05) is 6.92 Å². The maximum absolute atomic E-state index is 11.9. The van der Waals surface area contributed by atoms with Gasteiger partial charge in [0.25, 0.3) is 0 Å². The van der Waals surface area contributed by atoms with Gasteiger partial charge in [-0.3, -0.25) is 9.59 Å². The van der Waals surface area contributed by atoms with E-state index in [1.165, 1.54) is 16.2 Å². The Kier molecular flexibility index (Phi) is 5.44. The molecular weight excluding hydrogens is 262 g/mol. The Morgan fingerprint density at radius 3 is 2.65 bits per heavy atom. The van der Waals surface area contributed by atoms with E-state index in [9.17, 15) is 9.59 Å². The van der Waals surface area contributed by atoms with Crippen molar-refractivity contribution >= 4 is 34.8 Å². The number of carboxylic acid groups (broad SMARTS) is 1. The minimum absolute atomic E-state index is 0.173. The maximum Gasteiger partial charge on any atom is 0.323 e. The van der Waals surface area contributed by atoms with Gasteiger partial charge >= 0.3 is 5.97 Å². The van der Waals surface area contributed by atoms with Crippen molar-refractivity contribution in [2.75, 3.05) is 13.1 Å². The SMILES string of the molecule is CCCN(CC(=O)O)C(=O)Cc1ccc(Cl)s1. The number of hydrogen-bond acceptors (Lipinski definition) is 3. The third-order valence-electron chi connectivity index (χ3n) is 2.13. The van der Waals surface area contributed by atoms with Gasteiger partial charge in [0.2, 0.25) is 5.91 Å². The number of halogens is 1. The van der Waals surface area contributed by atoms with Crippen LogP contribution in [0.5, 0.6) is 0 Å². The number of nitrogens with zero attached hydrogens (tertiary/aromatic N) is 1. The fraction of sp³-hybridized carbons (Fsp3) is 0.455. The van der Waals surface area contributed by atoms with E-state index >= 15 is 0 Å². The van der Waals surface area contributed by atoms with E-state index in [0.717, 1.165) is 11.3 Å². The topological polar surface area (TPSA) is 57.6 Å². The van der Waals surface area contributed by atoms with E-state index < -0.39 is 5.97 Å². The van der Waals surface area contributed by atoms with Gasteiger partial charge in [-0.05, 0) is 18.6 Å². The summed E-state index contributed by atoms with van der Waals surface area (Å²) in [5.74, 6) is -1.16. The number of hydrogen-bond donors (Lipinski definition) is 1. The molecule has 0 radical (unpaired) electrons. The van der Waals surface area contributed by atoms with Crippen molar-refractivity contribution in [3.63, 3.8) is 0 Å². The van der Waals surface area contributed by atoms with E-state index in [1.54, 1.807) is 12.1 Å². The zero-order valence-corrected chi connectivity index (χ0v) is 11.1. The summed E-state index contributed by atoms with van der Waals surface area (Å²) in [7, 11) is 0. The number of amides is 1. The molecular formula is C11H14ClNO3S. The Bertz CT molecular complexity index is 405. The van der Waals surface area contributed by atoms with Crippen LogP contribution in [-0.2, 0) is 16.0 Å². The molecule has 0 fully saturated rings. The molecule has 1 rings (SSSR count). The quantitative estimate of drug-likeness (QED) is 0.866. The average molecular weight is 276 g/mol. The highest BCUT2D eigenvalue weighted by atomic mass is 35.5. The molecule has 0 aliphatic rings. The summed E-state index contributed by atoms with van der Waals surface area (Å²) in [5.41, 5.74) is 0. The lowest BCUT2D eigenvalue weighted by molar-refractivity contribution is -0.144. The van der Waals surface area contributed by atoms with Gasteiger partial charge in [-0.1, -0.05) is 18.5 Å². The van der Waals surface area contributed by atoms with Gasteiger partial charge in [-0.25, -0.2) is 0 Å². The van der Waals surface area contributed by atoms with Crippen molar-refractivity contribution in [3.8, 4) is 0 Å². The van der Waals surface area contributed by atoms with Gasteiger partial charge in [-0.2, -0.15) is 0 Å². The van der Waals surface area contributed by atoms with Gasteiger partial charge in [0, 0.05) is 11.4 Å². The van der Waals surface area contributed by atoms with E-state index in [4.69, 9.17) is 16.7 Å². The second-order valence-corrected chi connectivity index (χ2v) is 5.39. The van der Waals surface area contributed by atoms with Crippen molar-refractivity contribution in [2.45, 2.75) is 19.8 Å². The van der Waals surface area contributed by atoms with E-state index in [0.29, 0.717) is 10.9 Å². The molecule has 0 aliphatic carbocycles. The lowest BCUT2D eigenvalue weighted by Crippen LogP contribution is -2.37. The fourth-order valence-electron chi connectivity index (χ4n) is 1.43. The molecule has 0 saturated heterocycles. The molecule has 6 heteroatoms. The summed E-state index contributed by atoms with van der Waals surface area (Å²) in [6.45, 7) is 2.13. The highest BCUT2D eigenvalue weighted by Crippen LogP contribution is 2.22. The van der Waals surface area contributed by atoms with Gasteiger partial charge in [0.1, 0.15) is 6.54 Å². The molecule has 0 unspecified atom stereocenters. The molecule has 1 aromatic rings. The molecule has 94 valence electrons. The third-order valence-corrected chi connectivity index (χ3v) is 3.36. The molecule has 0 spiro atoms. The Balaban J connectivity index is 2.61. The lowest BCUT2D eigenvalue weighted by Gasteiger charge is -2.19. The summed E-state index contributed by atoms with van der Waals surface area (Å²) >= 11 is 7.11. The second kappa shape index (κ2) is 6.61. The molecule has 0 atom stereocenters. The molecule has 0 saturated carbocycles. The predicted octanol–water partition coefficient (Wildman–Crippen LogP) is 2.27. The molecule has 0 bridgehead atoms. The number of carbonyl (C=O) groups is 2. The number of thiophene rings is 1. The Morgan fingerprint density at radius 1 is 1.47 bits per heavy atom. The van der Waals surface area contributed by atoms with Crippen LogP contribution in [0.3, 0.4) is 0 Å². The van der Waals surface area contributed by atoms with E-state index in [2.05, 4.69) is 0 Å². The van der Waals surface area contributed by atoms with Crippen LogP contribution < -0.4 is 0 Å². The molecule has 1 amide bonds. The van der Waals surface area contributed by atoms with E-state index in [-0.39, 0.29) is 18.9 Å². The number of carbonyl (C=O) groups excluding carboxylic acids is 1. The third kappa shape index (κ3) is 4.75. The zero-order chi connectivity index (χ0) is 12.8. The van der Waals surface area contributed by atoms with Gasteiger partial charge in [0.15, 0.2) is 0 Å². The summed E-state index contributed by atoms with van der Waals surface area (Å²) in [6.07, 6.45) is 0.953. The molecule has 0 aliphatic heterocycles. The largest absolute Gasteiger partial charge is 0.480 e. The van der Waals surface area contributed by atoms with Crippen LogP contribution in [0.15, 0.2) is 12.1 Å². The van der Waals surface area contributed by atoms with Gasteiger partial charge < -0.3 is 10.0 Å². The van der Waals surface area contributed by atoms with Crippen LogP contribution in [-0.4, -0.2) is 35.0 Å². The molecule has 4 nitrogen and oxygen atoms in total. The Morgan fingerprint density at radius 2 is 2.18 bits per heavy atom. The zero-order valence-electron chi connectivity index (χ0n) is 9.48. The number of aliphatic carboxylic acids is 1. The predicted molar refractivity (Wildman–Crippen MR) is 67.5 cm³/mol. The molecule has 1 aromatic heterocycles. The van der Waals surface area contributed by atoms with Crippen molar-refractivity contribution in [1.82, 2.24) is 4.90 Å². The highest BCUT2D eigenvalue weighted by molar-refractivity contribution is 7.16. The van der Waals surface area contributed by atoms with Crippen molar-refractivity contribution < 1.29 is 14.7 Å². The Hall–Kier alpha value is -1.07. The first-order valence-electron chi connectivity index (χ1n) is 5.26. The van der Waals surface area contributed by atoms with Crippen molar-refractivity contribution in [2.24, 2.45) is 0 Å². The first kappa shape index (κ1) is 14.0. The molecule has 17 heavy (non-hydrogen) atoms. The molecule has 1 N–H and O–H groups in total. The van der Waals surface area contributed by atoms with Crippen LogP contribution in [0.2, 0.25) is 4.34 Å². The van der Waals surface area contributed by atoms with Gasteiger partial charge in [0.05, 0.1) is 10.8 Å². The lowest BCUT2D eigenvalue weighted by atomic mass is 10.3. The van der Waals surface area contributed by atoms with Crippen molar-refractivity contribution in [3.05, 3.63) is 21.3 Å². The van der Waals surface area contributed by atoms with Crippen molar-refractivity contribution in [1.29, 1.82) is 0 Å². The highest BCUT2D eigenvalue weighted by Gasteiger charge is 2.16. The first-order valence-corrected chi connectivity index (χ1v) is 6.46. The van der Waals surface area contributed by atoms with Gasteiger partial charge in [-0.15, -0.1) is 11.3 Å². The molecule has 0 aromatic carbocycles. The maximum atomic E-state index is 11.9. The first-order chi connectivity index (χ1) is 8.02. The number of rotatable bonds is 6. The average Bonchev–Trinajstić information content (AvgIpc) is 2.62.